The van der Waals surface area contributed by atoms with Crippen molar-refractivity contribution in [2.45, 2.75) is 26.3 Å². The lowest BCUT2D eigenvalue weighted by atomic mass is 10.1. The van der Waals surface area contributed by atoms with E-state index < -0.39 is 0 Å². The van der Waals surface area contributed by atoms with Gasteiger partial charge in [-0.2, -0.15) is 10.4 Å². The van der Waals surface area contributed by atoms with Crippen molar-refractivity contribution < 1.29 is 9.13 Å². The number of aromatic nitrogens is 2. The van der Waals surface area contributed by atoms with Crippen LogP contribution < -0.4 is 21.1 Å². The molecule has 8 nitrogen and oxygen atoms in total. The smallest absolute Gasteiger partial charge is 0.191 e. The van der Waals surface area contributed by atoms with Gasteiger partial charge in [-0.1, -0.05) is 12.1 Å². The highest BCUT2D eigenvalue weighted by molar-refractivity contribution is 5.79. The second kappa shape index (κ2) is 11.5. The fourth-order valence-corrected chi connectivity index (χ4v) is 3.26. The summed E-state index contributed by atoms with van der Waals surface area (Å²) in [6, 6.07) is 15.7. The number of aryl methyl sites for hydroxylation is 1. The summed E-state index contributed by atoms with van der Waals surface area (Å²) in [6.07, 6.45) is 1.29. The van der Waals surface area contributed by atoms with Gasteiger partial charge in [0, 0.05) is 13.1 Å². The number of benzene rings is 2. The first-order valence-corrected chi connectivity index (χ1v) is 10.7. The number of rotatable bonds is 9. The lowest BCUT2D eigenvalue weighted by molar-refractivity contribution is 0.414. The van der Waals surface area contributed by atoms with Gasteiger partial charge in [-0.15, -0.1) is 0 Å². The Morgan fingerprint density at radius 1 is 1.18 bits per heavy atom. The Morgan fingerprint density at radius 3 is 2.55 bits per heavy atom. The number of hydrogen-bond donors (Lipinski definition) is 3. The van der Waals surface area contributed by atoms with Gasteiger partial charge in [-0.25, -0.2) is 14.1 Å². The first kappa shape index (κ1) is 23.6. The molecule has 1 aromatic heterocycles. The number of methoxy groups -OCH3 is 1. The Bertz CT molecular complexity index is 1120. The van der Waals surface area contributed by atoms with E-state index in [2.05, 4.69) is 26.8 Å². The average Bonchev–Trinajstić information content (AvgIpc) is 3.16. The predicted molar refractivity (Wildman–Crippen MR) is 127 cm³/mol. The Hall–Kier alpha value is -4.06. The molecule has 0 aliphatic rings. The van der Waals surface area contributed by atoms with Gasteiger partial charge in [0.2, 0.25) is 0 Å². The van der Waals surface area contributed by atoms with Crippen molar-refractivity contribution >= 4 is 11.8 Å². The first-order valence-electron chi connectivity index (χ1n) is 10.7. The molecule has 0 radical (unpaired) electrons. The lowest BCUT2D eigenvalue weighted by Gasteiger charge is -2.11. The number of nitrogens with two attached hydrogens (primary N) is 1. The van der Waals surface area contributed by atoms with Gasteiger partial charge in [-0.3, -0.25) is 0 Å². The molecule has 0 saturated heterocycles. The minimum atomic E-state index is -0.346. The molecule has 0 aliphatic heterocycles. The molecule has 0 unspecified atom stereocenters. The van der Waals surface area contributed by atoms with Crippen LogP contribution in [-0.4, -0.2) is 35.9 Å². The summed E-state index contributed by atoms with van der Waals surface area (Å²) in [5.74, 6) is 1.43. The van der Waals surface area contributed by atoms with Crippen molar-refractivity contribution in [1.82, 2.24) is 20.4 Å². The summed E-state index contributed by atoms with van der Waals surface area (Å²) < 4.78 is 19.9. The summed E-state index contributed by atoms with van der Waals surface area (Å²) in [4.78, 5) is 4.61. The zero-order chi connectivity index (χ0) is 23.6. The molecule has 1 heterocycles. The van der Waals surface area contributed by atoms with Crippen LogP contribution in [0.3, 0.4) is 0 Å². The average molecular weight is 450 g/mol. The Balaban J connectivity index is 1.59. The van der Waals surface area contributed by atoms with Crippen LogP contribution in [0.1, 0.15) is 30.2 Å². The normalized spacial score (nSPS) is 11.2. The van der Waals surface area contributed by atoms with Gasteiger partial charge in [-0.05, 0) is 61.7 Å². The van der Waals surface area contributed by atoms with Crippen LogP contribution in [0.2, 0.25) is 0 Å². The maximum absolute atomic E-state index is 13.2. The molecule has 3 aromatic rings. The summed E-state index contributed by atoms with van der Waals surface area (Å²) in [5.41, 5.74) is 8.76. The number of nitrogen functional groups attached to an aromatic ring is 1. The van der Waals surface area contributed by atoms with E-state index in [9.17, 15) is 9.65 Å². The van der Waals surface area contributed by atoms with E-state index in [1.165, 1.54) is 16.8 Å². The fourth-order valence-electron chi connectivity index (χ4n) is 3.26. The summed E-state index contributed by atoms with van der Waals surface area (Å²) in [6.45, 7) is 3.93. The maximum atomic E-state index is 13.2. The fraction of sp³-hybridized carbons (Fsp3) is 0.292. The molecule has 0 saturated carbocycles. The number of aliphatic imine (C=N–C) groups is 1. The van der Waals surface area contributed by atoms with E-state index in [4.69, 9.17) is 10.5 Å². The number of guanidine groups is 1. The number of nitrogens with one attached hydrogen (secondary N) is 2. The predicted octanol–water partition coefficient (Wildman–Crippen LogP) is 3.16. The first-order chi connectivity index (χ1) is 16.0. The molecule has 4 N–H and O–H groups in total. The number of ether oxygens (including phenoxy) is 1. The van der Waals surface area contributed by atoms with Gasteiger partial charge in [0.25, 0.3) is 0 Å². The summed E-state index contributed by atoms with van der Waals surface area (Å²) in [5, 5.41) is 20.6. The highest BCUT2D eigenvalue weighted by Gasteiger charge is 2.16. The third kappa shape index (κ3) is 6.23. The van der Waals surface area contributed by atoms with Crippen LogP contribution in [0.5, 0.6) is 5.75 Å². The van der Waals surface area contributed by atoms with Gasteiger partial charge in [0.05, 0.1) is 25.0 Å². The van der Waals surface area contributed by atoms with Crippen molar-refractivity contribution in [2.24, 2.45) is 4.99 Å². The molecular weight excluding hydrogens is 421 g/mol. The molecule has 0 aliphatic carbocycles. The van der Waals surface area contributed by atoms with E-state index in [0.717, 1.165) is 24.3 Å². The SMILES string of the molecule is CCNC(=NCc1ccc(OC)cc1)NCCCc1nn(-c2ccc(F)cc2)c(N)c1C#N. The maximum Gasteiger partial charge on any atom is 0.191 e. The highest BCUT2D eigenvalue weighted by atomic mass is 19.1. The van der Waals surface area contributed by atoms with Crippen LogP contribution in [0.25, 0.3) is 5.69 Å². The molecule has 0 atom stereocenters. The van der Waals surface area contributed by atoms with E-state index in [-0.39, 0.29) is 11.6 Å². The Morgan fingerprint density at radius 2 is 1.91 bits per heavy atom. The van der Waals surface area contributed by atoms with Crippen LogP contribution in [0.15, 0.2) is 53.5 Å². The minimum Gasteiger partial charge on any atom is -0.497 e. The zero-order valence-corrected chi connectivity index (χ0v) is 18.8. The number of nitrogens with zero attached hydrogens (tertiary/aromatic N) is 4. The van der Waals surface area contributed by atoms with Gasteiger partial charge in [0.15, 0.2) is 5.96 Å². The largest absolute Gasteiger partial charge is 0.497 e. The Labute approximate surface area is 192 Å². The van der Waals surface area contributed by atoms with Gasteiger partial charge < -0.3 is 21.1 Å². The topological polar surface area (TPSA) is 113 Å². The van der Waals surface area contributed by atoms with Crippen molar-refractivity contribution in [2.75, 3.05) is 25.9 Å². The standard InChI is InChI=1S/C24H28FN7O/c1-3-28-24(30-16-17-6-12-20(33-2)13-7-17)29-14-4-5-22-21(15-26)23(27)32(31-22)19-10-8-18(25)9-11-19/h6-13H,3-5,14,16,27H2,1-2H3,(H2,28,29,30). The summed E-state index contributed by atoms with van der Waals surface area (Å²) >= 11 is 0. The second-order valence-corrected chi connectivity index (χ2v) is 7.28. The lowest BCUT2D eigenvalue weighted by Crippen LogP contribution is -2.37. The molecule has 0 spiro atoms. The van der Waals surface area contributed by atoms with Crippen molar-refractivity contribution in [3.05, 3.63) is 71.2 Å². The van der Waals surface area contributed by atoms with Crippen LogP contribution in [0.4, 0.5) is 10.2 Å². The van der Waals surface area contributed by atoms with E-state index >= 15 is 0 Å². The Kier molecular flexibility index (Phi) is 8.24. The van der Waals surface area contributed by atoms with Gasteiger partial charge in [0.1, 0.15) is 29.0 Å². The zero-order valence-electron chi connectivity index (χ0n) is 18.8. The van der Waals surface area contributed by atoms with Crippen LogP contribution in [0, 0.1) is 17.1 Å². The van der Waals surface area contributed by atoms with Crippen molar-refractivity contribution in [3.63, 3.8) is 0 Å². The summed E-state index contributed by atoms with van der Waals surface area (Å²) in [7, 11) is 1.64. The van der Waals surface area contributed by atoms with Crippen molar-refractivity contribution in [3.8, 4) is 17.5 Å². The molecule has 3 rings (SSSR count). The number of hydrogen-bond acceptors (Lipinski definition) is 5. The molecule has 9 heteroatoms. The van der Waals surface area contributed by atoms with Crippen molar-refractivity contribution in [1.29, 1.82) is 5.26 Å². The number of anilines is 1. The third-order valence-electron chi connectivity index (χ3n) is 4.98. The quantitative estimate of drug-likeness (QED) is 0.263. The molecule has 33 heavy (non-hydrogen) atoms. The number of nitriles is 1. The second-order valence-electron chi connectivity index (χ2n) is 7.28. The molecule has 0 amide bonds. The molecule has 0 fully saturated rings. The van der Waals surface area contributed by atoms with Crippen LogP contribution in [-0.2, 0) is 13.0 Å². The van der Waals surface area contributed by atoms with E-state index in [1.807, 2.05) is 31.2 Å². The minimum absolute atomic E-state index is 0.251. The van der Waals surface area contributed by atoms with E-state index in [1.54, 1.807) is 19.2 Å². The number of halogens is 1. The van der Waals surface area contributed by atoms with Crippen LogP contribution >= 0.6 is 0 Å². The van der Waals surface area contributed by atoms with E-state index in [0.29, 0.717) is 42.4 Å². The molecule has 172 valence electrons. The third-order valence-corrected chi connectivity index (χ3v) is 4.98. The monoisotopic (exact) mass is 449 g/mol. The molecule has 0 bridgehead atoms. The molecular formula is C24H28FN7O. The highest BCUT2D eigenvalue weighted by Crippen LogP contribution is 2.21. The van der Waals surface area contributed by atoms with Gasteiger partial charge >= 0.3 is 0 Å². The molecule has 2 aromatic carbocycles.